The summed E-state index contributed by atoms with van der Waals surface area (Å²) >= 11 is 2.19. The second-order valence-corrected chi connectivity index (χ2v) is 3.12. The van der Waals surface area contributed by atoms with Gasteiger partial charge in [-0.2, -0.15) is 0 Å². The first-order chi connectivity index (χ1) is 5.84. The van der Waals surface area contributed by atoms with Crippen LogP contribution in [0.2, 0.25) is 0 Å². The fourth-order valence-electron chi connectivity index (χ4n) is 0.676. The zero-order valence-electron chi connectivity index (χ0n) is 6.33. The van der Waals surface area contributed by atoms with E-state index in [2.05, 4.69) is 37.9 Å². The molecule has 1 aromatic heterocycles. The van der Waals surface area contributed by atoms with E-state index in [1.165, 1.54) is 6.33 Å². The van der Waals surface area contributed by atoms with Crippen LogP contribution in [0.15, 0.2) is 18.6 Å². The Hall–Kier alpha value is -0.720. The van der Waals surface area contributed by atoms with Gasteiger partial charge >= 0.3 is 0 Å². The highest BCUT2D eigenvalue weighted by molar-refractivity contribution is 14.1. The molecule has 0 bridgehead atoms. The molecule has 0 aliphatic rings. The lowest BCUT2D eigenvalue weighted by Gasteiger charge is -1.99. The highest BCUT2D eigenvalue weighted by Gasteiger charge is 2.03. The summed E-state index contributed by atoms with van der Waals surface area (Å²) in [4.78, 5) is 18.7. The van der Waals surface area contributed by atoms with Gasteiger partial charge in [0.1, 0.15) is 12.0 Å². The molecule has 0 atom stereocenters. The van der Waals surface area contributed by atoms with Gasteiger partial charge in [0.15, 0.2) is 0 Å². The number of hydrogen-bond donors (Lipinski definition) is 1. The van der Waals surface area contributed by atoms with E-state index in [-0.39, 0.29) is 5.91 Å². The van der Waals surface area contributed by atoms with Crippen LogP contribution in [0.1, 0.15) is 10.5 Å². The molecule has 0 radical (unpaired) electrons. The summed E-state index contributed by atoms with van der Waals surface area (Å²) < 4.78 is 0.897. The third-order valence-electron chi connectivity index (χ3n) is 1.19. The molecule has 1 rings (SSSR count). The largest absolute Gasteiger partial charge is 0.350 e. The minimum atomic E-state index is -0.144. The lowest BCUT2D eigenvalue weighted by atomic mass is 10.4. The van der Waals surface area contributed by atoms with Gasteiger partial charge in [-0.15, -0.1) is 0 Å². The molecule has 0 saturated heterocycles. The number of nitrogens with one attached hydrogen (secondary N) is 1. The van der Waals surface area contributed by atoms with Gasteiger partial charge in [0, 0.05) is 17.2 Å². The monoisotopic (exact) mass is 277 g/mol. The number of carbonyl (C=O) groups excluding carboxylic acids is 1. The van der Waals surface area contributed by atoms with Crippen LogP contribution in [-0.4, -0.2) is 26.8 Å². The van der Waals surface area contributed by atoms with Gasteiger partial charge in [-0.05, 0) is 6.07 Å². The second kappa shape index (κ2) is 5.02. The predicted octanol–water partition coefficient (Wildman–Crippen LogP) is 0.641. The maximum Gasteiger partial charge on any atom is 0.270 e. The Morgan fingerprint density at radius 3 is 3.08 bits per heavy atom. The summed E-state index contributed by atoms with van der Waals surface area (Å²) in [6.45, 7) is 0.670. The lowest BCUT2D eigenvalue weighted by molar-refractivity contribution is 0.0951. The van der Waals surface area contributed by atoms with Gasteiger partial charge in [0.05, 0.1) is 0 Å². The Labute approximate surface area is 83.9 Å². The SMILES string of the molecule is O=C(NCCI)c1ccncn1. The van der Waals surface area contributed by atoms with E-state index < -0.39 is 0 Å². The lowest BCUT2D eigenvalue weighted by Crippen LogP contribution is -2.25. The van der Waals surface area contributed by atoms with Crippen molar-refractivity contribution in [1.29, 1.82) is 0 Å². The highest BCUT2D eigenvalue weighted by atomic mass is 127. The molecule has 1 heterocycles. The Morgan fingerprint density at radius 1 is 1.67 bits per heavy atom. The number of hydrogen-bond acceptors (Lipinski definition) is 3. The fourth-order valence-corrected chi connectivity index (χ4v) is 0.946. The van der Waals surface area contributed by atoms with Crippen molar-refractivity contribution in [2.45, 2.75) is 0 Å². The zero-order valence-corrected chi connectivity index (χ0v) is 8.48. The van der Waals surface area contributed by atoms with Crippen molar-refractivity contribution in [2.75, 3.05) is 11.0 Å². The average molecular weight is 277 g/mol. The third kappa shape index (κ3) is 2.72. The third-order valence-corrected chi connectivity index (χ3v) is 1.73. The number of aromatic nitrogens is 2. The molecule has 1 amide bonds. The molecule has 5 heteroatoms. The molecule has 4 nitrogen and oxygen atoms in total. The molecule has 0 aliphatic heterocycles. The van der Waals surface area contributed by atoms with Crippen molar-refractivity contribution in [2.24, 2.45) is 0 Å². The van der Waals surface area contributed by atoms with Crippen LogP contribution >= 0.6 is 22.6 Å². The van der Waals surface area contributed by atoms with Crippen molar-refractivity contribution >= 4 is 28.5 Å². The van der Waals surface area contributed by atoms with Gasteiger partial charge in [-0.1, -0.05) is 22.6 Å². The predicted molar refractivity (Wildman–Crippen MR) is 53.3 cm³/mol. The van der Waals surface area contributed by atoms with Crippen LogP contribution in [0.4, 0.5) is 0 Å². The van der Waals surface area contributed by atoms with Crippen LogP contribution in [0.5, 0.6) is 0 Å². The molecular weight excluding hydrogens is 269 g/mol. The maximum atomic E-state index is 11.2. The van der Waals surface area contributed by atoms with E-state index in [9.17, 15) is 4.79 Å². The topological polar surface area (TPSA) is 54.9 Å². The number of nitrogens with zero attached hydrogens (tertiary/aromatic N) is 2. The van der Waals surface area contributed by atoms with E-state index in [0.717, 1.165) is 4.43 Å². The second-order valence-electron chi connectivity index (χ2n) is 2.04. The van der Waals surface area contributed by atoms with Crippen LogP contribution in [-0.2, 0) is 0 Å². The summed E-state index contributed by atoms with van der Waals surface area (Å²) in [5, 5.41) is 2.71. The maximum absolute atomic E-state index is 11.2. The first-order valence-electron chi connectivity index (χ1n) is 3.45. The van der Waals surface area contributed by atoms with E-state index in [1.807, 2.05) is 0 Å². The fraction of sp³-hybridized carbons (Fsp3) is 0.286. The van der Waals surface area contributed by atoms with Crippen LogP contribution < -0.4 is 5.32 Å². The van der Waals surface area contributed by atoms with Crippen LogP contribution in [0.25, 0.3) is 0 Å². The Morgan fingerprint density at radius 2 is 2.50 bits per heavy atom. The van der Waals surface area contributed by atoms with Gasteiger partial charge in [0.2, 0.25) is 0 Å². The number of alkyl halides is 1. The molecule has 0 aromatic carbocycles. The highest BCUT2D eigenvalue weighted by Crippen LogP contribution is 1.90. The minimum absolute atomic E-state index is 0.144. The average Bonchev–Trinajstić information content (AvgIpc) is 2.15. The summed E-state index contributed by atoms with van der Waals surface area (Å²) in [5.41, 5.74) is 0.412. The van der Waals surface area contributed by atoms with Crippen LogP contribution in [0, 0.1) is 0 Å². The normalized spacial score (nSPS) is 9.42. The first-order valence-corrected chi connectivity index (χ1v) is 4.97. The van der Waals surface area contributed by atoms with Crippen LogP contribution in [0.3, 0.4) is 0 Å². The van der Waals surface area contributed by atoms with Gasteiger partial charge in [-0.3, -0.25) is 4.79 Å². The van der Waals surface area contributed by atoms with E-state index in [1.54, 1.807) is 12.3 Å². The minimum Gasteiger partial charge on any atom is -0.350 e. The first kappa shape index (κ1) is 9.37. The van der Waals surface area contributed by atoms with Gasteiger partial charge in [0.25, 0.3) is 5.91 Å². The molecule has 1 aromatic rings. The Bertz CT molecular complexity index is 252. The molecule has 64 valence electrons. The molecule has 0 unspecified atom stereocenters. The molecule has 0 fully saturated rings. The van der Waals surface area contributed by atoms with Crippen molar-refractivity contribution in [3.05, 3.63) is 24.3 Å². The van der Waals surface area contributed by atoms with E-state index in [0.29, 0.717) is 12.2 Å². The zero-order chi connectivity index (χ0) is 8.81. The number of amides is 1. The molecule has 0 saturated carbocycles. The van der Waals surface area contributed by atoms with E-state index in [4.69, 9.17) is 0 Å². The number of carbonyl (C=O) groups is 1. The van der Waals surface area contributed by atoms with Crippen molar-refractivity contribution in [3.8, 4) is 0 Å². The van der Waals surface area contributed by atoms with E-state index >= 15 is 0 Å². The van der Waals surface area contributed by atoms with Crippen molar-refractivity contribution in [1.82, 2.24) is 15.3 Å². The van der Waals surface area contributed by atoms with Crippen molar-refractivity contribution in [3.63, 3.8) is 0 Å². The smallest absolute Gasteiger partial charge is 0.270 e. The quantitative estimate of drug-likeness (QED) is 0.651. The molecule has 0 spiro atoms. The Balaban J connectivity index is 2.54. The summed E-state index contributed by atoms with van der Waals surface area (Å²) in [7, 11) is 0. The molecule has 0 aliphatic carbocycles. The Kier molecular flexibility index (Phi) is 3.92. The summed E-state index contributed by atoms with van der Waals surface area (Å²) in [5.74, 6) is -0.144. The van der Waals surface area contributed by atoms with Gasteiger partial charge < -0.3 is 5.32 Å². The summed E-state index contributed by atoms with van der Waals surface area (Å²) in [6, 6.07) is 1.59. The molecular formula is C7H8IN3O. The molecule has 12 heavy (non-hydrogen) atoms. The molecule has 1 N–H and O–H groups in total. The summed E-state index contributed by atoms with van der Waals surface area (Å²) in [6.07, 6.45) is 2.91. The standard InChI is InChI=1S/C7H8IN3O/c8-2-4-10-7(12)6-1-3-9-5-11-6/h1,3,5H,2,4H2,(H,10,12). The number of halogens is 1. The van der Waals surface area contributed by atoms with Crippen molar-refractivity contribution < 1.29 is 4.79 Å². The van der Waals surface area contributed by atoms with Gasteiger partial charge in [-0.25, -0.2) is 9.97 Å². The number of rotatable bonds is 3.